The first-order valence-corrected chi connectivity index (χ1v) is 8.14. The molecule has 0 aliphatic carbocycles. The Morgan fingerprint density at radius 3 is 2.96 bits per heavy atom. The van der Waals surface area contributed by atoms with E-state index >= 15 is 0 Å². The lowest BCUT2D eigenvalue weighted by molar-refractivity contribution is -0.117. The van der Waals surface area contributed by atoms with Gasteiger partial charge >= 0.3 is 0 Å². The van der Waals surface area contributed by atoms with Crippen LogP contribution in [0.5, 0.6) is 0 Å². The molecule has 3 aromatic rings. The highest BCUT2D eigenvalue weighted by Gasteiger charge is 2.09. The first kappa shape index (κ1) is 15.1. The van der Waals surface area contributed by atoms with Gasteiger partial charge in [0, 0.05) is 28.5 Å². The summed E-state index contributed by atoms with van der Waals surface area (Å²) in [6.45, 7) is 0.490. The standard InChI is InChI=1S/C18H15N3OS/c19-11-14(10-15-4-3-9-23-15)18(22)20-8-7-13-12-21-17-6-2-1-5-16(13)17/h1-6,9-10,12,21H,7-8H2,(H,20,22)/b14-10+. The highest BCUT2D eigenvalue weighted by atomic mass is 32.1. The molecule has 5 heteroatoms. The van der Waals surface area contributed by atoms with E-state index in [1.165, 1.54) is 11.3 Å². The number of benzene rings is 1. The van der Waals surface area contributed by atoms with Crippen LogP contribution in [-0.2, 0) is 11.2 Å². The van der Waals surface area contributed by atoms with Crippen molar-refractivity contribution in [1.82, 2.24) is 10.3 Å². The molecule has 0 unspecified atom stereocenters. The van der Waals surface area contributed by atoms with Crippen molar-refractivity contribution in [3.63, 3.8) is 0 Å². The van der Waals surface area contributed by atoms with Gasteiger partial charge in [-0.3, -0.25) is 4.79 Å². The van der Waals surface area contributed by atoms with Crippen molar-refractivity contribution < 1.29 is 4.79 Å². The molecule has 4 nitrogen and oxygen atoms in total. The molecule has 0 saturated carbocycles. The number of thiophene rings is 1. The van der Waals surface area contributed by atoms with Crippen molar-refractivity contribution in [1.29, 1.82) is 5.26 Å². The summed E-state index contributed by atoms with van der Waals surface area (Å²) in [5.41, 5.74) is 2.37. The van der Waals surface area contributed by atoms with Crippen molar-refractivity contribution in [3.8, 4) is 6.07 Å². The van der Waals surface area contributed by atoms with Crippen LogP contribution in [0.15, 0.2) is 53.5 Å². The number of carbonyl (C=O) groups excluding carboxylic acids is 1. The largest absolute Gasteiger partial charge is 0.361 e. The molecule has 0 spiro atoms. The van der Waals surface area contributed by atoms with E-state index in [1.807, 2.05) is 48.0 Å². The summed E-state index contributed by atoms with van der Waals surface area (Å²) in [7, 11) is 0. The number of amides is 1. The second-order valence-electron chi connectivity index (χ2n) is 5.05. The van der Waals surface area contributed by atoms with Gasteiger partial charge in [-0.1, -0.05) is 24.3 Å². The quantitative estimate of drug-likeness (QED) is 0.558. The first-order chi connectivity index (χ1) is 11.3. The number of nitriles is 1. The average Bonchev–Trinajstić information content (AvgIpc) is 3.22. The molecular weight excluding hydrogens is 306 g/mol. The number of carbonyl (C=O) groups is 1. The fourth-order valence-electron chi connectivity index (χ4n) is 2.41. The summed E-state index contributed by atoms with van der Waals surface area (Å²) in [6.07, 6.45) is 4.29. The van der Waals surface area contributed by atoms with Crippen molar-refractivity contribution in [2.75, 3.05) is 6.54 Å². The molecule has 0 radical (unpaired) electrons. The molecule has 0 saturated heterocycles. The summed E-state index contributed by atoms with van der Waals surface area (Å²) in [6, 6.07) is 13.8. The van der Waals surface area contributed by atoms with Gasteiger partial charge in [0.05, 0.1) is 0 Å². The van der Waals surface area contributed by atoms with Crippen LogP contribution in [0.1, 0.15) is 10.4 Å². The second-order valence-corrected chi connectivity index (χ2v) is 6.03. The Kier molecular flexibility index (Phi) is 4.55. The van der Waals surface area contributed by atoms with Gasteiger partial charge in [0.25, 0.3) is 5.91 Å². The van der Waals surface area contributed by atoms with Gasteiger partial charge in [0.2, 0.25) is 0 Å². The molecule has 23 heavy (non-hydrogen) atoms. The van der Waals surface area contributed by atoms with E-state index in [2.05, 4.69) is 16.4 Å². The Bertz CT molecular complexity index is 885. The maximum Gasteiger partial charge on any atom is 0.261 e. The third-order valence-electron chi connectivity index (χ3n) is 3.55. The van der Waals surface area contributed by atoms with E-state index in [0.29, 0.717) is 13.0 Å². The van der Waals surface area contributed by atoms with Crippen molar-refractivity contribution in [2.24, 2.45) is 0 Å². The summed E-state index contributed by atoms with van der Waals surface area (Å²) >= 11 is 1.50. The van der Waals surface area contributed by atoms with Crippen molar-refractivity contribution in [2.45, 2.75) is 6.42 Å². The van der Waals surface area contributed by atoms with Gasteiger partial charge < -0.3 is 10.3 Å². The molecule has 114 valence electrons. The number of nitrogens with zero attached hydrogens (tertiary/aromatic N) is 1. The molecule has 0 fully saturated rings. The van der Waals surface area contributed by atoms with Gasteiger partial charge in [0.15, 0.2) is 0 Å². The Morgan fingerprint density at radius 1 is 1.30 bits per heavy atom. The minimum Gasteiger partial charge on any atom is -0.361 e. The number of para-hydroxylation sites is 1. The van der Waals surface area contributed by atoms with Crippen LogP contribution in [0, 0.1) is 11.3 Å². The number of hydrogen-bond donors (Lipinski definition) is 2. The number of aromatic amines is 1. The van der Waals surface area contributed by atoms with Crippen LogP contribution in [0.25, 0.3) is 17.0 Å². The highest BCUT2D eigenvalue weighted by Crippen LogP contribution is 2.18. The maximum absolute atomic E-state index is 12.1. The van der Waals surface area contributed by atoms with Crippen molar-refractivity contribution >= 4 is 34.2 Å². The topological polar surface area (TPSA) is 68.7 Å². The molecule has 0 bridgehead atoms. The van der Waals surface area contributed by atoms with E-state index < -0.39 is 0 Å². The summed E-state index contributed by atoms with van der Waals surface area (Å²) in [5.74, 6) is -0.333. The number of fused-ring (bicyclic) bond motifs is 1. The van der Waals surface area contributed by atoms with E-state index in [0.717, 1.165) is 21.3 Å². The lowest BCUT2D eigenvalue weighted by Crippen LogP contribution is -2.26. The molecule has 2 N–H and O–H groups in total. The van der Waals surface area contributed by atoms with Crippen LogP contribution in [0.4, 0.5) is 0 Å². The van der Waals surface area contributed by atoms with Gasteiger partial charge in [0.1, 0.15) is 11.6 Å². The Hall–Kier alpha value is -2.84. The lowest BCUT2D eigenvalue weighted by Gasteiger charge is -2.03. The van der Waals surface area contributed by atoms with Gasteiger partial charge in [-0.05, 0) is 35.6 Å². The van der Waals surface area contributed by atoms with E-state index in [4.69, 9.17) is 5.26 Å². The molecule has 0 aliphatic rings. The Balaban J connectivity index is 1.62. The zero-order chi connectivity index (χ0) is 16.1. The molecule has 0 atom stereocenters. The van der Waals surface area contributed by atoms with Gasteiger partial charge in [-0.25, -0.2) is 0 Å². The molecule has 2 heterocycles. The van der Waals surface area contributed by atoms with Crippen LogP contribution < -0.4 is 5.32 Å². The maximum atomic E-state index is 12.1. The Morgan fingerprint density at radius 2 is 2.17 bits per heavy atom. The molecule has 3 rings (SSSR count). The fraction of sp³-hybridized carbons (Fsp3) is 0.111. The monoisotopic (exact) mass is 321 g/mol. The summed E-state index contributed by atoms with van der Waals surface area (Å²) < 4.78 is 0. The zero-order valence-electron chi connectivity index (χ0n) is 12.4. The minimum atomic E-state index is -0.333. The summed E-state index contributed by atoms with van der Waals surface area (Å²) in [4.78, 5) is 16.2. The number of hydrogen-bond acceptors (Lipinski definition) is 3. The number of nitrogens with one attached hydrogen (secondary N) is 2. The first-order valence-electron chi connectivity index (χ1n) is 7.26. The fourth-order valence-corrected chi connectivity index (χ4v) is 3.07. The average molecular weight is 321 g/mol. The SMILES string of the molecule is N#C/C(=C\c1cccs1)C(=O)NCCc1c[nH]c2ccccc12. The highest BCUT2D eigenvalue weighted by molar-refractivity contribution is 7.10. The predicted molar refractivity (Wildman–Crippen MR) is 92.9 cm³/mol. The molecule has 1 amide bonds. The van der Waals surface area contributed by atoms with Crippen molar-refractivity contribution in [3.05, 3.63) is 64.0 Å². The molecule has 1 aromatic carbocycles. The smallest absolute Gasteiger partial charge is 0.261 e. The minimum absolute atomic E-state index is 0.131. The lowest BCUT2D eigenvalue weighted by atomic mass is 10.1. The predicted octanol–water partition coefficient (Wildman–Crippen LogP) is 3.50. The second kappa shape index (κ2) is 6.95. The van der Waals surface area contributed by atoms with Crippen LogP contribution in [0.2, 0.25) is 0 Å². The third kappa shape index (κ3) is 3.50. The van der Waals surface area contributed by atoms with Crippen LogP contribution in [0.3, 0.4) is 0 Å². The van der Waals surface area contributed by atoms with Gasteiger partial charge in [-0.15, -0.1) is 11.3 Å². The van der Waals surface area contributed by atoms with E-state index in [1.54, 1.807) is 6.08 Å². The number of H-pyrrole nitrogens is 1. The van der Waals surface area contributed by atoms with E-state index in [9.17, 15) is 4.79 Å². The molecule has 2 aromatic heterocycles. The number of rotatable bonds is 5. The van der Waals surface area contributed by atoms with Gasteiger partial charge in [-0.2, -0.15) is 5.26 Å². The molecular formula is C18H15N3OS. The zero-order valence-corrected chi connectivity index (χ0v) is 13.2. The number of aromatic nitrogens is 1. The van der Waals surface area contributed by atoms with Crippen LogP contribution in [-0.4, -0.2) is 17.4 Å². The third-order valence-corrected chi connectivity index (χ3v) is 4.37. The van der Waals surface area contributed by atoms with E-state index in [-0.39, 0.29) is 11.5 Å². The van der Waals surface area contributed by atoms with Crippen LogP contribution >= 0.6 is 11.3 Å². The summed E-state index contributed by atoms with van der Waals surface area (Å²) in [5, 5.41) is 15.0. The Labute approximate surface area is 138 Å². The normalized spacial score (nSPS) is 11.3. The molecule has 0 aliphatic heterocycles.